The van der Waals surface area contributed by atoms with Crippen molar-refractivity contribution in [1.29, 1.82) is 0 Å². The van der Waals surface area contributed by atoms with E-state index in [9.17, 15) is 0 Å². The standard InChI is InChI=1S/C6H16IN/c1-4-7(2)5-6-8-3/h8H,4-6H2,1-3H3. The quantitative estimate of drug-likeness (QED) is 0.567. The average molecular weight is 229 g/mol. The maximum absolute atomic E-state index is 3.17. The molecule has 0 saturated carbocycles. The van der Waals surface area contributed by atoms with E-state index in [1.165, 1.54) is 15.4 Å². The van der Waals surface area contributed by atoms with Crippen molar-refractivity contribution in [2.45, 2.75) is 6.92 Å². The molecule has 0 aromatic rings. The van der Waals surface area contributed by atoms with Crippen LogP contribution in [-0.4, -0.2) is 27.4 Å². The molecular formula is C6H16IN. The van der Waals surface area contributed by atoms with E-state index >= 15 is 0 Å². The maximum atomic E-state index is 3.17. The molecule has 0 heterocycles. The number of alkyl halides is 3. The predicted molar refractivity (Wildman–Crippen MR) is 49.3 cm³/mol. The van der Waals surface area contributed by atoms with Gasteiger partial charge in [0, 0.05) is 0 Å². The zero-order valence-electron chi connectivity index (χ0n) is 6.00. The summed E-state index contributed by atoms with van der Waals surface area (Å²) in [4.78, 5) is 2.45. The average Bonchev–Trinajstić information content (AvgIpc) is 1.83. The van der Waals surface area contributed by atoms with Gasteiger partial charge in [0.05, 0.1) is 0 Å². The van der Waals surface area contributed by atoms with Gasteiger partial charge in [0.2, 0.25) is 0 Å². The Bertz CT molecular complexity index is 47.8. The Balaban J connectivity index is 2.86. The van der Waals surface area contributed by atoms with Crippen LogP contribution < -0.4 is 5.32 Å². The van der Waals surface area contributed by atoms with E-state index in [1.807, 2.05) is 7.05 Å². The monoisotopic (exact) mass is 229 g/mol. The first-order valence-electron chi connectivity index (χ1n) is 2.97. The van der Waals surface area contributed by atoms with E-state index in [0.717, 1.165) is 0 Å². The Kier molecular flexibility index (Phi) is 6.32. The second-order valence-corrected chi connectivity index (χ2v) is 8.52. The zero-order valence-corrected chi connectivity index (χ0v) is 8.16. The van der Waals surface area contributed by atoms with Gasteiger partial charge >= 0.3 is 59.4 Å². The number of nitrogens with one attached hydrogen (secondary N) is 1. The van der Waals surface area contributed by atoms with Crippen LogP contribution in [0.3, 0.4) is 0 Å². The first-order valence-corrected chi connectivity index (χ1v) is 8.18. The molecule has 0 rings (SSSR count). The summed E-state index contributed by atoms with van der Waals surface area (Å²) in [6.07, 6.45) is 0. The molecular weight excluding hydrogens is 213 g/mol. The van der Waals surface area contributed by atoms with Gasteiger partial charge in [0.15, 0.2) is 0 Å². The normalized spacial score (nSPS) is 11.6. The van der Waals surface area contributed by atoms with Crippen molar-refractivity contribution >= 4 is 19.8 Å². The number of halogens is 1. The molecule has 52 valence electrons. The van der Waals surface area contributed by atoms with Gasteiger partial charge < -0.3 is 0 Å². The number of rotatable bonds is 4. The molecule has 0 atom stereocenters. The summed E-state index contributed by atoms with van der Waals surface area (Å²) in [5.41, 5.74) is 0. The molecule has 0 spiro atoms. The van der Waals surface area contributed by atoms with Crippen LogP contribution in [-0.2, 0) is 0 Å². The number of hydrogen-bond acceptors (Lipinski definition) is 1. The van der Waals surface area contributed by atoms with Gasteiger partial charge in [-0.3, -0.25) is 0 Å². The first-order chi connectivity index (χ1) is 3.81. The minimum absolute atomic E-state index is 0.409. The Morgan fingerprint density at radius 2 is 2.12 bits per heavy atom. The van der Waals surface area contributed by atoms with Crippen LogP contribution in [0.4, 0.5) is 0 Å². The molecule has 0 aromatic heterocycles. The third-order valence-corrected chi connectivity index (χ3v) is 6.11. The van der Waals surface area contributed by atoms with E-state index in [1.54, 1.807) is 0 Å². The second-order valence-electron chi connectivity index (χ2n) is 1.78. The molecule has 8 heavy (non-hydrogen) atoms. The van der Waals surface area contributed by atoms with Gasteiger partial charge in [-0.25, -0.2) is 0 Å². The van der Waals surface area contributed by atoms with Crippen LogP contribution in [0.2, 0.25) is 0 Å². The van der Waals surface area contributed by atoms with Crippen LogP contribution in [0.15, 0.2) is 0 Å². The van der Waals surface area contributed by atoms with Gasteiger partial charge in [0.1, 0.15) is 0 Å². The van der Waals surface area contributed by atoms with Gasteiger partial charge in [-0.15, -0.1) is 0 Å². The topological polar surface area (TPSA) is 12.0 Å². The van der Waals surface area contributed by atoms with Crippen LogP contribution in [0.5, 0.6) is 0 Å². The van der Waals surface area contributed by atoms with Gasteiger partial charge in [-0.05, 0) is 0 Å². The van der Waals surface area contributed by atoms with E-state index in [0.29, 0.717) is 0 Å². The molecule has 0 aromatic carbocycles. The first kappa shape index (κ1) is 8.69. The van der Waals surface area contributed by atoms with E-state index in [4.69, 9.17) is 0 Å². The molecule has 0 radical (unpaired) electrons. The fraction of sp³-hybridized carbons (Fsp3) is 1.00. The zero-order chi connectivity index (χ0) is 6.41. The van der Waals surface area contributed by atoms with Gasteiger partial charge in [0.25, 0.3) is 0 Å². The third kappa shape index (κ3) is 4.84. The summed E-state index contributed by atoms with van der Waals surface area (Å²) in [5.74, 6) is 0. The molecule has 0 aliphatic carbocycles. The van der Waals surface area contributed by atoms with Gasteiger partial charge in [-0.1, -0.05) is 0 Å². The molecule has 0 amide bonds. The second kappa shape index (κ2) is 5.82. The summed E-state index contributed by atoms with van der Waals surface area (Å²) in [6, 6.07) is 0. The molecule has 2 heteroatoms. The van der Waals surface area contributed by atoms with E-state index in [-0.39, 0.29) is 0 Å². The van der Waals surface area contributed by atoms with Crippen LogP contribution in [0.1, 0.15) is 6.92 Å². The molecule has 1 N–H and O–H groups in total. The third-order valence-electron chi connectivity index (χ3n) is 1.12. The van der Waals surface area contributed by atoms with Crippen LogP contribution in [0.25, 0.3) is 0 Å². The summed E-state index contributed by atoms with van der Waals surface area (Å²) < 4.78 is 2.93. The summed E-state index contributed by atoms with van der Waals surface area (Å²) in [5, 5.41) is 3.17. The Morgan fingerprint density at radius 1 is 1.50 bits per heavy atom. The molecule has 1 nitrogen and oxygen atoms in total. The molecule has 0 fully saturated rings. The molecule has 0 aliphatic heterocycles. The van der Waals surface area contributed by atoms with Crippen LogP contribution >= 0.6 is 19.8 Å². The van der Waals surface area contributed by atoms with Crippen molar-refractivity contribution in [2.75, 3.05) is 27.4 Å². The number of hydrogen-bond donors (Lipinski definition) is 1. The fourth-order valence-electron chi connectivity index (χ4n) is 0.389. The molecule has 0 saturated heterocycles. The molecule has 0 bridgehead atoms. The fourth-order valence-corrected chi connectivity index (χ4v) is 2.61. The van der Waals surface area contributed by atoms with E-state index in [2.05, 4.69) is 17.2 Å². The van der Waals surface area contributed by atoms with Crippen molar-refractivity contribution in [2.24, 2.45) is 0 Å². The Hall–Kier alpha value is 0.690. The summed E-state index contributed by atoms with van der Waals surface area (Å²) in [7, 11) is 2.03. The van der Waals surface area contributed by atoms with Crippen molar-refractivity contribution in [3.05, 3.63) is 0 Å². The molecule has 0 aliphatic rings. The summed E-state index contributed by atoms with van der Waals surface area (Å²) >= 11 is -0.409. The van der Waals surface area contributed by atoms with Crippen molar-refractivity contribution in [1.82, 2.24) is 5.32 Å². The van der Waals surface area contributed by atoms with Crippen molar-refractivity contribution in [3.63, 3.8) is 0 Å². The van der Waals surface area contributed by atoms with Crippen molar-refractivity contribution < 1.29 is 0 Å². The molecule has 0 unspecified atom stereocenters. The predicted octanol–water partition coefficient (Wildman–Crippen LogP) is 1.36. The summed E-state index contributed by atoms with van der Waals surface area (Å²) in [6.45, 7) is 3.54. The van der Waals surface area contributed by atoms with E-state index < -0.39 is 19.8 Å². The van der Waals surface area contributed by atoms with Gasteiger partial charge in [-0.2, -0.15) is 0 Å². The Labute approximate surface area is 59.6 Å². The Morgan fingerprint density at radius 3 is 2.50 bits per heavy atom. The van der Waals surface area contributed by atoms with Crippen LogP contribution in [0, 0.1) is 0 Å². The minimum atomic E-state index is -0.409. The SMILES string of the molecule is CCI(C)CCNC. The van der Waals surface area contributed by atoms with Crippen molar-refractivity contribution in [3.8, 4) is 0 Å².